The van der Waals surface area contributed by atoms with Gasteiger partial charge in [0.25, 0.3) is 0 Å². The third-order valence-electron chi connectivity index (χ3n) is 3.55. The highest BCUT2D eigenvalue weighted by molar-refractivity contribution is 7.89. The molecule has 0 spiro atoms. The Morgan fingerprint density at radius 2 is 2.00 bits per heavy atom. The van der Waals surface area contributed by atoms with Crippen LogP contribution in [-0.2, 0) is 10.0 Å². The zero-order chi connectivity index (χ0) is 18.6. The van der Waals surface area contributed by atoms with Gasteiger partial charge in [0, 0.05) is 31.5 Å². The van der Waals surface area contributed by atoms with Crippen molar-refractivity contribution in [3.63, 3.8) is 0 Å². The molecule has 0 unspecified atom stereocenters. The SMILES string of the molecule is Cc1nccn1-c1cc(NCCNS(=O)(=O)c2cccc(F)c2)ncn1. The number of aromatic nitrogens is 4. The Bertz CT molecular complexity index is 1010. The van der Waals surface area contributed by atoms with Crippen LogP contribution in [-0.4, -0.2) is 41.0 Å². The van der Waals surface area contributed by atoms with Crippen molar-refractivity contribution in [2.45, 2.75) is 11.8 Å². The second-order valence-electron chi connectivity index (χ2n) is 5.39. The average molecular weight is 376 g/mol. The van der Waals surface area contributed by atoms with Crippen LogP contribution in [0.4, 0.5) is 10.2 Å². The van der Waals surface area contributed by atoms with Gasteiger partial charge in [-0.15, -0.1) is 0 Å². The van der Waals surface area contributed by atoms with Gasteiger partial charge in [0.2, 0.25) is 10.0 Å². The first-order chi connectivity index (χ1) is 12.5. The molecule has 0 aliphatic carbocycles. The molecule has 10 heteroatoms. The largest absolute Gasteiger partial charge is 0.369 e. The van der Waals surface area contributed by atoms with E-state index in [4.69, 9.17) is 0 Å². The summed E-state index contributed by atoms with van der Waals surface area (Å²) in [5.74, 6) is 1.39. The number of hydrogen-bond donors (Lipinski definition) is 2. The maximum absolute atomic E-state index is 13.2. The van der Waals surface area contributed by atoms with Gasteiger partial charge < -0.3 is 5.32 Å². The van der Waals surface area contributed by atoms with Crippen LogP contribution in [0.2, 0.25) is 0 Å². The fourth-order valence-electron chi connectivity index (χ4n) is 2.29. The molecule has 0 saturated carbocycles. The van der Waals surface area contributed by atoms with Gasteiger partial charge >= 0.3 is 0 Å². The van der Waals surface area contributed by atoms with Crippen molar-refractivity contribution in [3.8, 4) is 5.82 Å². The van der Waals surface area contributed by atoms with E-state index in [0.717, 1.165) is 11.9 Å². The van der Waals surface area contributed by atoms with Crippen molar-refractivity contribution in [1.29, 1.82) is 0 Å². The number of sulfonamides is 1. The van der Waals surface area contributed by atoms with Gasteiger partial charge in [-0.05, 0) is 25.1 Å². The van der Waals surface area contributed by atoms with Gasteiger partial charge in [0.05, 0.1) is 4.90 Å². The van der Waals surface area contributed by atoms with E-state index in [2.05, 4.69) is 25.0 Å². The normalized spacial score (nSPS) is 11.5. The summed E-state index contributed by atoms with van der Waals surface area (Å²) in [4.78, 5) is 12.3. The predicted octanol–water partition coefficient (Wildman–Crippen LogP) is 1.50. The van der Waals surface area contributed by atoms with Crippen LogP contribution in [0.3, 0.4) is 0 Å². The molecule has 3 rings (SSSR count). The maximum Gasteiger partial charge on any atom is 0.240 e. The molecule has 0 radical (unpaired) electrons. The van der Waals surface area contributed by atoms with E-state index in [1.165, 1.54) is 24.5 Å². The van der Waals surface area contributed by atoms with E-state index >= 15 is 0 Å². The smallest absolute Gasteiger partial charge is 0.240 e. The molecule has 26 heavy (non-hydrogen) atoms. The topological polar surface area (TPSA) is 102 Å². The molecule has 0 bridgehead atoms. The molecule has 136 valence electrons. The summed E-state index contributed by atoms with van der Waals surface area (Å²) in [5.41, 5.74) is 0. The lowest BCUT2D eigenvalue weighted by Gasteiger charge is -2.09. The minimum atomic E-state index is -3.76. The zero-order valence-electron chi connectivity index (χ0n) is 13.9. The minimum absolute atomic E-state index is 0.113. The van der Waals surface area contributed by atoms with Crippen molar-refractivity contribution in [3.05, 3.63) is 60.7 Å². The molecular formula is C16H17FN6O2S. The summed E-state index contributed by atoms with van der Waals surface area (Å²) < 4.78 is 41.6. The second-order valence-corrected chi connectivity index (χ2v) is 7.15. The molecule has 0 fully saturated rings. The number of nitrogens with one attached hydrogen (secondary N) is 2. The van der Waals surface area contributed by atoms with Gasteiger partial charge in [-0.2, -0.15) is 0 Å². The number of benzene rings is 1. The van der Waals surface area contributed by atoms with E-state index in [-0.39, 0.29) is 11.4 Å². The highest BCUT2D eigenvalue weighted by Crippen LogP contribution is 2.11. The molecule has 2 N–H and O–H groups in total. The summed E-state index contributed by atoms with van der Waals surface area (Å²) in [5, 5.41) is 3.02. The second kappa shape index (κ2) is 7.58. The van der Waals surface area contributed by atoms with Crippen molar-refractivity contribution >= 4 is 15.8 Å². The van der Waals surface area contributed by atoms with Crippen molar-refractivity contribution in [2.75, 3.05) is 18.4 Å². The Balaban J connectivity index is 1.58. The Labute approximate surface area is 150 Å². The van der Waals surface area contributed by atoms with Crippen LogP contribution in [0, 0.1) is 12.7 Å². The molecular weight excluding hydrogens is 359 g/mol. The molecule has 0 amide bonds. The quantitative estimate of drug-likeness (QED) is 0.606. The summed E-state index contributed by atoms with van der Waals surface area (Å²) >= 11 is 0. The van der Waals surface area contributed by atoms with Crippen LogP contribution in [0.1, 0.15) is 5.82 Å². The van der Waals surface area contributed by atoms with Crippen LogP contribution in [0.15, 0.2) is 53.9 Å². The number of imidazole rings is 1. The number of hydrogen-bond acceptors (Lipinski definition) is 6. The zero-order valence-corrected chi connectivity index (χ0v) is 14.7. The first kappa shape index (κ1) is 18.0. The van der Waals surface area contributed by atoms with Crippen LogP contribution in [0.5, 0.6) is 0 Å². The van der Waals surface area contributed by atoms with Gasteiger partial charge in [0.15, 0.2) is 0 Å². The van der Waals surface area contributed by atoms with Gasteiger partial charge in [-0.1, -0.05) is 6.07 Å². The van der Waals surface area contributed by atoms with Crippen LogP contribution in [0.25, 0.3) is 5.82 Å². The van der Waals surface area contributed by atoms with Crippen molar-refractivity contribution in [1.82, 2.24) is 24.2 Å². The van der Waals surface area contributed by atoms with E-state index in [1.54, 1.807) is 23.0 Å². The molecule has 2 heterocycles. The Kier molecular flexibility index (Phi) is 5.24. The average Bonchev–Trinajstić information content (AvgIpc) is 3.05. The lowest BCUT2D eigenvalue weighted by atomic mass is 10.4. The summed E-state index contributed by atoms with van der Waals surface area (Å²) in [6, 6.07) is 6.58. The Morgan fingerprint density at radius 3 is 2.73 bits per heavy atom. The van der Waals surface area contributed by atoms with Crippen LogP contribution >= 0.6 is 0 Å². The van der Waals surface area contributed by atoms with E-state index in [1.807, 2.05) is 6.92 Å². The van der Waals surface area contributed by atoms with Gasteiger partial charge in [-0.25, -0.2) is 32.5 Å². The molecule has 2 aromatic heterocycles. The summed E-state index contributed by atoms with van der Waals surface area (Å²) in [6.07, 6.45) is 4.87. The van der Waals surface area contributed by atoms with Gasteiger partial charge in [-0.3, -0.25) is 4.57 Å². The fourth-order valence-corrected chi connectivity index (χ4v) is 3.35. The number of halogens is 1. The molecule has 0 atom stereocenters. The Hall–Kier alpha value is -2.85. The van der Waals surface area contributed by atoms with E-state index in [0.29, 0.717) is 18.2 Å². The summed E-state index contributed by atoms with van der Waals surface area (Å²) in [7, 11) is -3.76. The van der Waals surface area contributed by atoms with Crippen molar-refractivity contribution < 1.29 is 12.8 Å². The van der Waals surface area contributed by atoms with E-state index in [9.17, 15) is 12.8 Å². The lowest BCUT2D eigenvalue weighted by molar-refractivity contribution is 0.579. The number of nitrogens with zero attached hydrogens (tertiary/aromatic N) is 4. The fraction of sp³-hybridized carbons (Fsp3) is 0.188. The van der Waals surface area contributed by atoms with Crippen molar-refractivity contribution in [2.24, 2.45) is 0 Å². The third-order valence-corrected chi connectivity index (χ3v) is 5.01. The van der Waals surface area contributed by atoms with E-state index < -0.39 is 15.8 Å². The molecule has 0 aliphatic heterocycles. The number of rotatable bonds is 7. The highest BCUT2D eigenvalue weighted by Gasteiger charge is 2.13. The standard InChI is InChI=1S/C16H17FN6O2S/c1-12-18-7-8-23(12)16-10-15(20-11-21-16)19-5-6-22-26(24,25)14-4-2-3-13(17)9-14/h2-4,7-11,22H,5-6H2,1H3,(H,19,20,21). The molecule has 1 aromatic carbocycles. The van der Waals surface area contributed by atoms with Crippen LogP contribution < -0.4 is 10.0 Å². The highest BCUT2D eigenvalue weighted by atomic mass is 32.2. The minimum Gasteiger partial charge on any atom is -0.369 e. The first-order valence-corrected chi connectivity index (χ1v) is 9.25. The predicted molar refractivity (Wildman–Crippen MR) is 94.0 cm³/mol. The Morgan fingerprint density at radius 1 is 1.15 bits per heavy atom. The summed E-state index contributed by atoms with van der Waals surface area (Å²) in [6.45, 7) is 2.27. The monoisotopic (exact) mass is 376 g/mol. The number of anilines is 1. The number of aryl methyl sites for hydroxylation is 1. The first-order valence-electron chi connectivity index (χ1n) is 7.77. The molecule has 0 aliphatic rings. The lowest BCUT2D eigenvalue weighted by Crippen LogP contribution is -2.29. The third kappa shape index (κ3) is 4.21. The maximum atomic E-state index is 13.2. The molecule has 3 aromatic rings. The van der Waals surface area contributed by atoms with Gasteiger partial charge in [0.1, 0.15) is 29.6 Å². The molecule has 0 saturated heterocycles. The molecule has 8 nitrogen and oxygen atoms in total.